The number of carboxylic acids is 1. The minimum atomic E-state index is -0.751. The maximum absolute atomic E-state index is 10.8. The van der Waals surface area contributed by atoms with E-state index in [1.165, 1.54) is 0 Å². The zero-order valence-electron chi connectivity index (χ0n) is 8.01. The average Bonchev–Trinajstić information content (AvgIpc) is 2.97. The Bertz CT molecular complexity index is 410. The molecular formula is C11H11NO3. The number of carboxylic acid groups (broad SMARTS) is 1. The van der Waals surface area contributed by atoms with Crippen LogP contribution >= 0.6 is 0 Å². The fourth-order valence-corrected chi connectivity index (χ4v) is 1.73. The van der Waals surface area contributed by atoms with Crippen molar-refractivity contribution in [2.45, 2.75) is 12.3 Å². The predicted octanol–water partition coefficient (Wildman–Crippen LogP) is 0.974. The van der Waals surface area contributed by atoms with E-state index in [0.29, 0.717) is 12.0 Å². The topological polar surface area (TPSA) is 80.4 Å². The lowest BCUT2D eigenvalue weighted by molar-refractivity contribution is -0.138. The Balaban J connectivity index is 2.12. The highest BCUT2D eigenvalue weighted by Gasteiger charge is 2.43. The molecule has 0 saturated heterocycles. The van der Waals surface area contributed by atoms with E-state index >= 15 is 0 Å². The lowest BCUT2D eigenvalue weighted by atomic mass is 10.1. The van der Waals surface area contributed by atoms with E-state index in [2.05, 4.69) is 0 Å². The van der Waals surface area contributed by atoms with Gasteiger partial charge in [0.05, 0.1) is 5.92 Å². The Morgan fingerprint density at radius 1 is 1.27 bits per heavy atom. The summed E-state index contributed by atoms with van der Waals surface area (Å²) in [6.07, 6.45) is 0.686. The van der Waals surface area contributed by atoms with Crippen molar-refractivity contribution >= 4 is 11.9 Å². The Morgan fingerprint density at radius 2 is 1.87 bits per heavy atom. The molecule has 15 heavy (non-hydrogen) atoms. The fraction of sp³-hybridized carbons (Fsp3) is 0.273. The van der Waals surface area contributed by atoms with Gasteiger partial charge >= 0.3 is 5.97 Å². The first-order chi connectivity index (χ1) is 7.09. The molecule has 0 heterocycles. The van der Waals surface area contributed by atoms with Crippen LogP contribution in [-0.4, -0.2) is 17.0 Å². The third kappa shape index (κ3) is 1.83. The Morgan fingerprint density at radius 3 is 2.27 bits per heavy atom. The minimum Gasteiger partial charge on any atom is -0.481 e. The molecule has 1 saturated carbocycles. The summed E-state index contributed by atoms with van der Waals surface area (Å²) in [6.45, 7) is 0. The molecule has 0 aliphatic heterocycles. The number of benzene rings is 1. The lowest BCUT2D eigenvalue weighted by Gasteiger charge is -1.99. The van der Waals surface area contributed by atoms with E-state index in [4.69, 9.17) is 10.8 Å². The first-order valence-electron chi connectivity index (χ1n) is 4.72. The third-order valence-electron chi connectivity index (χ3n) is 2.73. The van der Waals surface area contributed by atoms with Crippen LogP contribution in [0.15, 0.2) is 24.3 Å². The summed E-state index contributed by atoms with van der Waals surface area (Å²) >= 11 is 0. The van der Waals surface area contributed by atoms with Gasteiger partial charge in [-0.05, 0) is 30.0 Å². The van der Waals surface area contributed by atoms with Gasteiger partial charge in [0, 0.05) is 5.56 Å². The molecule has 4 nitrogen and oxygen atoms in total. The van der Waals surface area contributed by atoms with Gasteiger partial charge in [-0.2, -0.15) is 0 Å². The number of amides is 1. The maximum Gasteiger partial charge on any atom is 0.307 e. The molecule has 1 amide bonds. The van der Waals surface area contributed by atoms with Crippen LogP contribution in [0.1, 0.15) is 28.3 Å². The van der Waals surface area contributed by atoms with Gasteiger partial charge in [-0.25, -0.2) is 0 Å². The standard InChI is InChI=1S/C11H11NO3/c12-10(13)7-3-1-6(2-4-7)8-5-9(8)11(14)15/h1-4,8-9H,5H2,(H2,12,13)(H,14,15)/t8-,9+/m0/s1. The summed E-state index contributed by atoms with van der Waals surface area (Å²) in [6, 6.07) is 6.81. The molecule has 1 fully saturated rings. The van der Waals surface area contributed by atoms with E-state index in [-0.39, 0.29) is 11.8 Å². The smallest absolute Gasteiger partial charge is 0.307 e. The first kappa shape index (κ1) is 9.71. The molecule has 3 N–H and O–H groups in total. The Labute approximate surface area is 86.7 Å². The first-order valence-corrected chi connectivity index (χ1v) is 4.72. The maximum atomic E-state index is 10.8. The normalized spacial score (nSPS) is 23.5. The number of hydrogen-bond acceptors (Lipinski definition) is 2. The number of carbonyl (C=O) groups is 2. The molecule has 0 aromatic heterocycles. The number of rotatable bonds is 3. The van der Waals surface area contributed by atoms with Crippen LogP contribution in [0.4, 0.5) is 0 Å². The third-order valence-corrected chi connectivity index (χ3v) is 2.73. The highest BCUT2D eigenvalue weighted by Crippen LogP contribution is 2.47. The van der Waals surface area contributed by atoms with Crippen LogP contribution in [0.3, 0.4) is 0 Å². The molecule has 1 aliphatic rings. The van der Waals surface area contributed by atoms with Gasteiger partial charge < -0.3 is 10.8 Å². The van der Waals surface area contributed by atoms with E-state index in [0.717, 1.165) is 5.56 Å². The van der Waals surface area contributed by atoms with Gasteiger partial charge in [0.15, 0.2) is 0 Å². The van der Waals surface area contributed by atoms with Gasteiger partial charge in [-0.1, -0.05) is 12.1 Å². The number of primary amides is 1. The lowest BCUT2D eigenvalue weighted by Crippen LogP contribution is -2.10. The molecule has 1 aromatic rings. The number of aliphatic carboxylic acids is 1. The second-order valence-corrected chi connectivity index (χ2v) is 3.77. The number of carbonyl (C=O) groups excluding carboxylic acids is 1. The van der Waals surface area contributed by atoms with Gasteiger partial charge in [0.1, 0.15) is 0 Å². The molecule has 4 heteroatoms. The number of hydrogen-bond donors (Lipinski definition) is 2. The van der Waals surface area contributed by atoms with Crippen molar-refractivity contribution < 1.29 is 14.7 Å². The van der Waals surface area contributed by atoms with Crippen molar-refractivity contribution in [2.75, 3.05) is 0 Å². The molecule has 78 valence electrons. The summed E-state index contributed by atoms with van der Waals surface area (Å²) in [5.74, 6) is -1.38. The highest BCUT2D eigenvalue weighted by atomic mass is 16.4. The summed E-state index contributed by atoms with van der Waals surface area (Å²) in [7, 11) is 0. The van der Waals surface area contributed by atoms with Crippen molar-refractivity contribution in [2.24, 2.45) is 11.7 Å². The predicted molar refractivity (Wildman–Crippen MR) is 53.4 cm³/mol. The summed E-state index contributed by atoms with van der Waals surface area (Å²) in [5, 5.41) is 8.75. The molecule has 1 aliphatic carbocycles. The van der Waals surface area contributed by atoms with Crippen LogP contribution in [0.5, 0.6) is 0 Å². The average molecular weight is 205 g/mol. The zero-order valence-corrected chi connectivity index (χ0v) is 8.01. The van der Waals surface area contributed by atoms with E-state index in [1.54, 1.807) is 24.3 Å². The SMILES string of the molecule is NC(=O)c1ccc([C@@H]2C[C@H]2C(=O)O)cc1. The second-order valence-electron chi connectivity index (χ2n) is 3.77. The van der Waals surface area contributed by atoms with Crippen LogP contribution in [0, 0.1) is 5.92 Å². The van der Waals surface area contributed by atoms with Gasteiger partial charge in [-0.3, -0.25) is 9.59 Å². The molecule has 2 rings (SSSR count). The zero-order chi connectivity index (χ0) is 11.0. The van der Waals surface area contributed by atoms with Crippen molar-refractivity contribution in [3.8, 4) is 0 Å². The monoisotopic (exact) mass is 205 g/mol. The molecular weight excluding hydrogens is 194 g/mol. The minimum absolute atomic E-state index is 0.101. The summed E-state index contributed by atoms with van der Waals surface area (Å²) in [4.78, 5) is 21.4. The van der Waals surface area contributed by atoms with Gasteiger partial charge in [0.2, 0.25) is 5.91 Å². The molecule has 0 spiro atoms. The van der Waals surface area contributed by atoms with E-state index < -0.39 is 11.9 Å². The molecule has 0 bridgehead atoms. The number of nitrogens with two attached hydrogens (primary N) is 1. The van der Waals surface area contributed by atoms with Crippen LogP contribution in [0.2, 0.25) is 0 Å². The molecule has 0 radical (unpaired) electrons. The van der Waals surface area contributed by atoms with Crippen molar-refractivity contribution in [3.05, 3.63) is 35.4 Å². The van der Waals surface area contributed by atoms with Crippen LogP contribution < -0.4 is 5.73 Å². The van der Waals surface area contributed by atoms with Crippen LogP contribution in [-0.2, 0) is 4.79 Å². The Hall–Kier alpha value is -1.84. The van der Waals surface area contributed by atoms with Crippen LogP contribution in [0.25, 0.3) is 0 Å². The quantitative estimate of drug-likeness (QED) is 0.771. The summed E-state index contributed by atoms with van der Waals surface area (Å²) < 4.78 is 0. The van der Waals surface area contributed by atoms with E-state index in [9.17, 15) is 9.59 Å². The second kappa shape index (κ2) is 3.38. The molecule has 2 atom stereocenters. The highest BCUT2D eigenvalue weighted by molar-refractivity contribution is 5.92. The van der Waals surface area contributed by atoms with Crippen molar-refractivity contribution in [1.82, 2.24) is 0 Å². The van der Waals surface area contributed by atoms with Gasteiger partial charge in [0.25, 0.3) is 0 Å². The van der Waals surface area contributed by atoms with Crippen molar-refractivity contribution in [3.63, 3.8) is 0 Å². The summed E-state index contributed by atoms with van der Waals surface area (Å²) in [5.41, 5.74) is 6.51. The molecule has 0 unspecified atom stereocenters. The fourth-order valence-electron chi connectivity index (χ4n) is 1.73. The largest absolute Gasteiger partial charge is 0.481 e. The molecule has 1 aromatic carbocycles. The van der Waals surface area contributed by atoms with E-state index in [1.807, 2.05) is 0 Å². The van der Waals surface area contributed by atoms with Crippen molar-refractivity contribution in [1.29, 1.82) is 0 Å². The Kier molecular flexibility index (Phi) is 2.19. The van der Waals surface area contributed by atoms with Gasteiger partial charge in [-0.15, -0.1) is 0 Å².